The monoisotopic (exact) mass is 223 g/mol. The Kier molecular flexibility index (Phi) is 3.18. The van der Waals surface area contributed by atoms with Crippen molar-refractivity contribution in [2.24, 2.45) is 5.73 Å². The van der Waals surface area contributed by atoms with Gasteiger partial charge in [-0.05, 0) is 12.1 Å². The van der Waals surface area contributed by atoms with Crippen LogP contribution >= 0.6 is 0 Å². The quantitative estimate of drug-likeness (QED) is 0.781. The number of alkyl halides is 3. The zero-order valence-corrected chi connectivity index (χ0v) is 7.86. The van der Waals surface area contributed by atoms with Gasteiger partial charge in [0.2, 0.25) is 0 Å². The molecule has 0 unspecified atom stereocenters. The molecule has 2 N–H and O–H groups in total. The molecule has 2 nitrogen and oxygen atoms in total. The van der Waals surface area contributed by atoms with E-state index in [2.05, 4.69) is 4.74 Å². The molecule has 0 aliphatic carbocycles. The fourth-order valence-corrected chi connectivity index (χ4v) is 1.19. The van der Waals surface area contributed by atoms with E-state index < -0.39 is 17.6 Å². The van der Waals surface area contributed by atoms with Crippen LogP contribution in [0, 0.1) is 5.82 Å². The summed E-state index contributed by atoms with van der Waals surface area (Å²) in [4.78, 5) is 0. The molecule has 6 heteroatoms. The Morgan fingerprint density at radius 3 is 2.33 bits per heavy atom. The van der Waals surface area contributed by atoms with Gasteiger partial charge in [-0.3, -0.25) is 0 Å². The molecule has 15 heavy (non-hydrogen) atoms. The minimum absolute atomic E-state index is 0.00942. The summed E-state index contributed by atoms with van der Waals surface area (Å²) in [5, 5.41) is 0. The number of methoxy groups -OCH3 is 1. The first-order chi connectivity index (χ1) is 6.90. The summed E-state index contributed by atoms with van der Waals surface area (Å²) in [5.74, 6) is -1.31. The van der Waals surface area contributed by atoms with E-state index in [0.29, 0.717) is 6.07 Å². The first kappa shape index (κ1) is 11.8. The van der Waals surface area contributed by atoms with Crippen LogP contribution < -0.4 is 10.5 Å². The molecule has 0 aliphatic heterocycles. The standard InChI is InChI=1S/C9H9F4NO/c1-15-8-5(4-14)2-6(3-7(8)10)9(11,12)13/h2-3H,4,14H2,1H3. The van der Waals surface area contributed by atoms with Crippen molar-refractivity contribution in [1.82, 2.24) is 0 Å². The van der Waals surface area contributed by atoms with Crippen molar-refractivity contribution in [3.63, 3.8) is 0 Å². The SMILES string of the molecule is COc1c(F)cc(C(F)(F)F)cc1CN. The van der Waals surface area contributed by atoms with Gasteiger partial charge in [0, 0.05) is 12.1 Å². The molecule has 0 saturated heterocycles. The molecule has 0 amide bonds. The maximum Gasteiger partial charge on any atom is 0.416 e. The molecule has 1 aromatic rings. The van der Waals surface area contributed by atoms with Crippen LogP contribution in [0.1, 0.15) is 11.1 Å². The third-order valence-corrected chi connectivity index (χ3v) is 1.87. The summed E-state index contributed by atoms with van der Waals surface area (Å²) >= 11 is 0. The van der Waals surface area contributed by atoms with Crippen molar-refractivity contribution in [2.75, 3.05) is 7.11 Å². The minimum Gasteiger partial charge on any atom is -0.493 e. The van der Waals surface area contributed by atoms with Gasteiger partial charge in [0.15, 0.2) is 11.6 Å². The largest absolute Gasteiger partial charge is 0.493 e. The maximum atomic E-state index is 13.1. The van der Waals surface area contributed by atoms with Crippen LogP contribution in [-0.4, -0.2) is 7.11 Å². The lowest BCUT2D eigenvalue weighted by molar-refractivity contribution is -0.137. The summed E-state index contributed by atoms with van der Waals surface area (Å²) < 4.78 is 54.6. The van der Waals surface area contributed by atoms with Gasteiger partial charge in [-0.25, -0.2) is 4.39 Å². The van der Waals surface area contributed by atoms with Gasteiger partial charge in [-0.2, -0.15) is 13.2 Å². The molecule has 1 rings (SSSR count). The average Bonchev–Trinajstić information content (AvgIpc) is 2.15. The van der Waals surface area contributed by atoms with Gasteiger partial charge in [-0.15, -0.1) is 0 Å². The second-order valence-corrected chi connectivity index (χ2v) is 2.85. The molecule has 0 bridgehead atoms. The topological polar surface area (TPSA) is 35.2 Å². The van der Waals surface area contributed by atoms with E-state index in [-0.39, 0.29) is 17.9 Å². The Morgan fingerprint density at radius 1 is 1.33 bits per heavy atom. The Morgan fingerprint density at radius 2 is 1.93 bits per heavy atom. The molecule has 0 atom stereocenters. The third kappa shape index (κ3) is 2.38. The van der Waals surface area contributed by atoms with Gasteiger partial charge < -0.3 is 10.5 Å². The van der Waals surface area contributed by atoms with E-state index in [9.17, 15) is 17.6 Å². The molecule has 84 valence electrons. The van der Waals surface area contributed by atoms with Gasteiger partial charge >= 0.3 is 6.18 Å². The molecule has 0 saturated carbocycles. The highest BCUT2D eigenvalue weighted by Gasteiger charge is 2.32. The lowest BCUT2D eigenvalue weighted by atomic mass is 10.1. The first-order valence-corrected chi connectivity index (χ1v) is 4.03. The average molecular weight is 223 g/mol. The number of benzene rings is 1. The van der Waals surface area contributed by atoms with E-state index in [1.54, 1.807) is 0 Å². The molecular formula is C9H9F4NO. The fraction of sp³-hybridized carbons (Fsp3) is 0.333. The summed E-state index contributed by atoms with van der Waals surface area (Å²) in [6.45, 7) is -0.218. The number of hydrogen-bond acceptors (Lipinski definition) is 2. The summed E-state index contributed by atoms with van der Waals surface area (Å²) in [6, 6.07) is 1.17. The molecule has 0 fully saturated rings. The van der Waals surface area contributed by atoms with Crippen molar-refractivity contribution in [1.29, 1.82) is 0 Å². The second kappa shape index (κ2) is 4.06. The summed E-state index contributed by atoms with van der Waals surface area (Å²) in [5.41, 5.74) is 4.12. The van der Waals surface area contributed by atoms with Crippen molar-refractivity contribution < 1.29 is 22.3 Å². The van der Waals surface area contributed by atoms with E-state index in [1.807, 2.05) is 0 Å². The third-order valence-electron chi connectivity index (χ3n) is 1.87. The molecular weight excluding hydrogens is 214 g/mol. The predicted octanol–water partition coefficient (Wildman–Crippen LogP) is 2.31. The molecule has 0 radical (unpaired) electrons. The van der Waals surface area contributed by atoms with Gasteiger partial charge in [-0.1, -0.05) is 0 Å². The second-order valence-electron chi connectivity index (χ2n) is 2.85. The minimum atomic E-state index is -4.59. The van der Waals surface area contributed by atoms with Crippen LogP contribution in [-0.2, 0) is 12.7 Å². The van der Waals surface area contributed by atoms with Crippen molar-refractivity contribution in [3.05, 3.63) is 29.1 Å². The van der Waals surface area contributed by atoms with Crippen molar-refractivity contribution in [3.8, 4) is 5.75 Å². The van der Waals surface area contributed by atoms with Crippen LogP contribution in [0.25, 0.3) is 0 Å². The number of ether oxygens (including phenoxy) is 1. The van der Waals surface area contributed by atoms with E-state index in [4.69, 9.17) is 5.73 Å². The van der Waals surface area contributed by atoms with E-state index in [1.165, 1.54) is 7.11 Å². The summed E-state index contributed by atoms with van der Waals surface area (Å²) in [6.07, 6.45) is -4.59. The van der Waals surface area contributed by atoms with Crippen molar-refractivity contribution >= 4 is 0 Å². The maximum absolute atomic E-state index is 13.1. The lowest BCUT2D eigenvalue weighted by Gasteiger charge is -2.12. The fourth-order valence-electron chi connectivity index (χ4n) is 1.19. The Bertz CT molecular complexity index is 362. The van der Waals surface area contributed by atoms with Crippen LogP contribution in [0.3, 0.4) is 0 Å². The normalized spacial score (nSPS) is 11.6. The summed E-state index contributed by atoms with van der Waals surface area (Å²) in [7, 11) is 1.17. The van der Waals surface area contributed by atoms with Gasteiger partial charge in [0.25, 0.3) is 0 Å². The zero-order chi connectivity index (χ0) is 11.6. The highest BCUT2D eigenvalue weighted by Crippen LogP contribution is 2.34. The van der Waals surface area contributed by atoms with Crippen LogP contribution in [0.4, 0.5) is 17.6 Å². The number of hydrogen-bond donors (Lipinski definition) is 1. The molecule has 0 heterocycles. The van der Waals surface area contributed by atoms with E-state index >= 15 is 0 Å². The molecule has 0 spiro atoms. The smallest absolute Gasteiger partial charge is 0.416 e. The van der Waals surface area contributed by atoms with Gasteiger partial charge in [0.05, 0.1) is 12.7 Å². The highest BCUT2D eigenvalue weighted by atomic mass is 19.4. The highest BCUT2D eigenvalue weighted by molar-refractivity contribution is 5.39. The first-order valence-electron chi connectivity index (χ1n) is 4.03. The molecule has 0 aromatic heterocycles. The molecule has 0 aliphatic rings. The zero-order valence-electron chi connectivity index (χ0n) is 7.86. The van der Waals surface area contributed by atoms with E-state index in [0.717, 1.165) is 6.07 Å². The lowest BCUT2D eigenvalue weighted by Crippen LogP contribution is -2.09. The van der Waals surface area contributed by atoms with Crippen LogP contribution in [0.5, 0.6) is 5.75 Å². The Hall–Kier alpha value is -1.30. The van der Waals surface area contributed by atoms with Crippen LogP contribution in [0.2, 0.25) is 0 Å². The number of nitrogens with two attached hydrogens (primary N) is 1. The molecule has 1 aromatic carbocycles. The van der Waals surface area contributed by atoms with Crippen LogP contribution in [0.15, 0.2) is 12.1 Å². The number of rotatable bonds is 2. The van der Waals surface area contributed by atoms with Crippen molar-refractivity contribution in [2.45, 2.75) is 12.7 Å². The Labute approximate surface area is 83.6 Å². The predicted molar refractivity (Wildman–Crippen MR) is 45.8 cm³/mol. The van der Waals surface area contributed by atoms with Gasteiger partial charge in [0.1, 0.15) is 0 Å². The number of halogens is 4. The Balaban J connectivity index is 3.32.